The van der Waals surface area contributed by atoms with Gasteiger partial charge in [0, 0.05) is 186 Å². The Kier molecular flexibility index (Phi) is 24.6. The summed E-state index contributed by atoms with van der Waals surface area (Å²) in [5, 5.41) is 0.617. The molecule has 0 amide bonds. The number of hydrogen-bond donors (Lipinski definition) is 0. The van der Waals surface area contributed by atoms with E-state index in [1.807, 2.05) is 74.5 Å². The second-order valence-electron chi connectivity index (χ2n) is 32.2. The number of rotatable bonds is 16. The average Bonchev–Trinajstić information content (AvgIpc) is 1.62. The van der Waals surface area contributed by atoms with Gasteiger partial charge >= 0.3 is 0 Å². The van der Waals surface area contributed by atoms with Gasteiger partial charge in [-0.3, -0.25) is 62.1 Å². The molecule has 17 heterocycles. The molecule has 27 nitrogen and oxygen atoms in total. The molecule has 24 rings (SSSR count). The molecule has 0 spiro atoms. The van der Waals surface area contributed by atoms with Crippen molar-refractivity contribution in [1.82, 2.24) is 96.3 Å². The minimum absolute atomic E-state index is 0.0270. The number of aromatic nitrogens is 20. The van der Waals surface area contributed by atoms with Crippen LogP contribution in [0.15, 0.2) is 308 Å². The highest BCUT2D eigenvalue weighted by atomic mass is 35.5. The molecule has 135 heavy (non-hydrogen) atoms. The van der Waals surface area contributed by atoms with Crippen molar-refractivity contribution in [2.24, 2.45) is 7.05 Å². The predicted molar refractivity (Wildman–Crippen MR) is 502 cm³/mol. The summed E-state index contributed by atoms with van der Waals surface area (Å²) < 4.78 is 106. The van der Waals surface area contributed by atoms with Crippen molar-refractivity contribution >= 4 is 78.4 Å². The molecule has 0 bridgehead atoms. The zero-order valence-electron chi connectivity index (χ0n) is 71.7. The minimum atomic E-state index is -0.485. The van der Waals surface area contributed by atoms with Gasteiger partial charge < -0.3 is 32.6 Å². The van der Waals surface area contributed by atoms with Crippen molar-refractivity contribution in [2.75, 3.05) is 26.4 Å². The van der Waals surface area contributed by atoms with Crippen molar-refractivity contribution in [1.29, 1.82) is 0 Å². The molecule has 5 aromatic carbocycles. The number of aryl methyl sites for hydroxylation is 1. The van der Waals surface area contributed by atoms with Crippen LogP contribution in [0.2, 0.25) is 10.0 Å². The van der Waals surface area contributed by atoms with E-state index in [1.165, 1.54) is 59.2 Å². The Hall–Kier alpha value is -15.9. The van der Waals surface area contributed by atoms with Crippen LogP contribution in [0.25, 0.3) is 141 Å². The summed E-state index contributed by atoms with van der Waals surface area (Å²) in [4.78, 5) is 90.1. The third-order valence-electron chi connectivity index (χ3n) is 23.1. The van der Waals surface area contributed by atoms with Gasteiger partial charge in [-0.05, 0) is 196 Å². The Balaban J connectivity index is 0.000000105. The van der Waals surface area contributed by atoms with Gasteiger partial charge in [0.2, 0.25) is 11.8 Å². The lowest BCUT2D eigenvalue weighted by atomic mass is 10.1. The molecule has 2 saturated carbocycles. The molecule has 1 atom stereocenters. The van der Waals surface area contributed by atoms with E-state index < -0.39 is 11.6 Å². The molecular formula is C101H77Cl2F5N20O7. The quantitative estimate of drug-likeness (QED) is 0.0812. The highest BCUT2D eigenvalue weighted by Gasteiger charge is 2.29. The van der Waals surface area contributed by atoms with E-state index in [0.717, 1.165) is 132 Å². The number of imidazole rings is 5. The van der Waals surface area contributed by atoms with Crippen LogP contribution in [0.3, 0.4) is 0 Å². The number of ether oxygens (including phenoxy) is 4. The van der Waals surface area contributed by atoms with Crippen LogP contribution in [0.1, 0.15) is 57.0 Å². The van der Waals surface area contributed by atoms with E-state index in [1.54, 1.807) is 203 Å². The van der Waals surface area contributed by atoms with Crippen LogP contribution in [0.5, 0.6) is 11.8 Å². The SMILES string of the molecule is Cn1ccc(-c2nc3ccncc3n2-c2ccc(Cl)cc2F)cc1=O.Fc1ccc(-n2c(-c3ccc(OC4CCOC4)nc3)nc3ccncc32)cc1.Fc1ccc(-n2c(-c3ccc(OC4CCOCC4)nc3)nc3ccncc32)cc1.O=c1cc(-c2nc3ccncc3n2-c2ccc(Cl)cc2F)ccn1C1CC1.O=c1cc(-c2nc3ccncc3n2-c2ccc(F)cc2)ccn1C1CC1. The first kappa shape index (κ1) is 87.1. The van der Waals surface area contributed by atoms with Crippen molar-refractivity contribution in [2.45, 2.75) is 69.2 Å². The predicted octanol–water partition coefficient (Wildman–Crippen LogP) is 19.6. The van der Waals surface area contributed by atoms with Crippen LogP contribution >= 0.6 is 23.2 Å². The maximum atomic E-state index is 14.7. The third kappa shape index (κ3) is 18.8. The van der Waals surface area contributed by atoms with Crippen molar-refractivity contribution in [3.63, 3.8) is 0 Å². The van der Waals surface area contributed by atoms with Crippen LogP contribution in [0.4, 0.5) is 22.0 Å². The first-order valence-corrected chi connectivity index (χ1v) is 44.0. The number of benzene rings is 5. The largest absolute Gasteiger partial charge is 0.474 e. The van der Waals surface area contributed by atoms with E-state index in [2.05, 4.69) is 44.9 Å². The fourth-order valence-corrected chi connectivity index (χ4v) is 16.4. The number of halogens is 7. The molecule has 2 aliphatic carbocycles. The Morgan fingerprint density at radius 2 is 0.667 bits per heavy atom. The maximum absolute atomic E-state index is 14.7. The summed E-state index contributed by atoms with van der Waals surface area (Å²) in [6, 6.07) is 55.1. The summed E-state index contributed by atoms with van der Waals surface area (Å²) in [6.45, 7) is 2.76. The molecule has 2 aliphatic heterocycles. The maximum Gasteiger partial charge on any atom is 0.251 e. The summed E-state index contributed by atoms with van der Waals surface area (Å²) in [6.07, 6.45) is 32.5. The zero-order chi connectivity index (χ0) is 92.3. The van der Waals surface area contributed by atoms with Gasteiger partial charge in [-0.1, -0.05) is 23.2 Å². The molecule has 1 unspecified atom stereocenters. The molecule has 34 heteroatoms. The van der Waals surface area contributed by atoms with Gasteiger partial charge in [0.05, 0.1) is 124 Å². The van der Waals surface area contributed by atoms with E-state index in [0.29, 0.717) is 108 Å². The molecule has 20 aromatic rings. The Morgan fingerprint density at radius 1 is 0.333 bits per heavy atom. The van der Waals surface area contributed by atoms with Crippen LogP contribution in [-0.2, 0) is 16.5 Å². The fourth-order valence-electron chi connectivity index (χ4n) is 16.1. The van der Waals surface area contributed by atoms with Gasteiger partial charge in [0.1, 0.15) is 70.4 Å². The van der Waals surface area contributed by atoms with Crippen LogP contribution in [-0.4, -0.2) is 135 Å². The molecule has 0 N–H and O–H groups in total. The summed E-state index contributed by atoms with van der Waals surface area (Å²) >= 11 is 11.8. The number of hydrogen-bond acceptors (Lipinski definition) is 19. The lowest BCUT2D eigenvalue weighted by Crippen LogP contribution is -2.26. The molecule has 0 radical (unpaired) electrons. The second kappa shape index (κ2) is 38.1. The highest BCUT2D eigenvalue weighted by Crippen LogP contribution is 2.39. The number of nitrogens with zero attached hydrogens (tertiary/aromatic N) is 20. The highest BCUT2D eigenvalue weighted by molar-refractivity contribution is 6.31. The lowest BCUT2D eigenvalue weighted by Gasteiger charge is -2.22. The molecule has 672 valence electrons. The topological polar surface area (TPSA) is 282 Å². The first-order chi connectivity index (χ1) is 65.9. The third-order valence-corrected chi connectivity index (χ3v) is 23.6. The molecule has 2 saturated heterocycles. The second-order valence-corrected chi connectivity index (χ2v) is 33.1. The standard InChI is InChI=1S/C22H19FN4O2.C21H17FN4O2.C20H14ClFN4O.C20H15FN4O.C18H12ClFN4O/c23-16-2-4-17(5-3-16)27-20-14-24-10-7-19(20)26-22(27)15-1-6-21(25-13-15)29-18-8-11-28-12-9-18;22-15-2-4-16(5-3-15)26-19-12-23-9-7-18(19)25-21(26)14-1-6-20(24-11-14)28-17-8-10-27-13-17;21-13-1-4-17(15(22)10-13)26-18-11-23-7-5-16(18)24-20(26)12-6-8-25(14-2-3-14)19(27)9-12;21-14-1-3-16(4-2-14)25-18-12-22-9-7-17(18)23-20(25)13-8-10-24(15-5-6-15)19(26)11-13;1-23-7-5-11(8-17(23)25)18-22-14-4-6-21-10-16(14)24(18)15-3-2-12(19)9-13(15)20/h1-7,10,13-14,18H,8-9,11-12H2;1-7,9,11-12,17H,8,10,13H2;1,4-11,14H,2-3H2;1-4,7-12,15H,5-6H2;2-10H,1H3. The van der Waals surface area contributed by atoms with Gasteiger partial charge in [0.15, 0.2) is 0 Å². The summed E-state index contributed by atoms with van der Waals surface area (Å²) in [7, 11) is 1.66. The van der Waals surface area contributed by atoms with Crippen molar-refractivity contribution in [3.8, 4) is 97.1 Å². The zero-order valence-corrected chi connectivity index (χ0v) is 73.3. The van der Waals surface area contributed by atoms with Crippen LogP contribution < -0.4 is 26.2 Å². The summed E-state index contributed by atoms with van der Waals surface area (Å²) in [5.74, 6) is 2.32. The Labute approximate surface area is 774 Å². The Bertz CT molecular complexity index is 7970. The smallest absolute Gasteiger partial charge is 0.251 e. The molecule has 15 aromatic heterocycles. The van der Waals surface area contributed by atoms with E-state index in [-0.39, 0.29) is 52.0 Å². The number of fused-ring (bicyclic) bond motifs is 5. The average molecular weight is 1850 g/mol. The van der Waals surface area contributed by atoms with Gasteiger partial charge in [-0.2, -0.15) is 0 Å². The molecule has 4 aliphatic rings. The Morgan fingerprint density at radius 3 is 1.00 bits per heavy atom. The van der Waals surface area contributed by atoms with Crippen molar-refractivity contribution in [3.05, 3.63) is 363 Å². The van der Waals surface area contributed by atoms with Crippen molar-refractivity contribution < 1.29 is 40.9 Å². The lowest BCUT2D eigenvalue weighted by molar-refractivity contribution is 0.0237. The van der Waals surface area contributed by atoms with Gasteiger partial charge in [-0.15, -0.1) is 0 Å². The number of pyridine rings is 10. The van der Waals surface area contributed by atoms with E-state index in [4.69, 9.17) is 57.1 Å². The van der Waals surface area contributed by atoms with E-state index in [9.17, 15) is 36.3 Å². The van der Waals surface area contributed by atoms with Gasteiger partial charge in [0.25, 0.3) is 16.7 Å². The normalized spacial score (nSPS) is 14.2. The first-order valence-electron chi connectivity index (χ1n) is 43.3. The summed E-state index contributed by atoms with van der Waals surface area (Å²) in [5.41, 5.74) is 13.8. The molecular weight excluding hydrogens is 1770 g/mol. The molecule has 4 fully saturated rings. The fraction of sp³-hybridized carbons (Fsp3) is 0.158. The van der Waals surface area contributed by atoms with E-state index >= 15 is 0 Å². The van der Waals surface area contributed by atoms with Crippen LogP contribution in [0, 0.1) is 29.1 Å². The van der Waals surface area contributed by atoms with Gasteiger partial charge in [-0.25, -0.2) is 56.8 Å². The minimum Gasteiger partial charge on any atom is -0.474 e. The monoisotopic (exact) mass is 1850 g/mol.